The summed E-state index contributed by atoms with van der Waals surface area (Å²) in [5, 5.41) is 11.4. The van der Waals surface area contributed by atoms with E-state index in [1.54, 1.807) is 0 Å². The van der Waals surface area contributed by atoms with Crippen molar-refractivity contribution >= 4 is 5.69 Å². The molecule has 1 N–H and O–H groups in total. The van der Waals surface area contributed by atoms with Crippen molar-refractivity contribution in [2.45, 2.75) is 59.8 Å². The highest BCUT2D eigenvalue weighted by Crippen LogP contribution is 2.36. The van der Waals surface area contributed by atoms with Gasteiger partial charge in [-0.25, -0.2) is 0 Å². The van der Waals surface area contributed by atoms with Crippen molar-refractivity contribution in [2.24, 2.45) is 17.8 Å². The summed E-state index contributed by atoms with van der Waals surface area (Å²) in [6, 6.07) is 0. The summed E-state index contributed by atoms with van der Waals surface area (Å²) in [7, 11) is 0. The molecule has 1 saturated carbocycles. The van der Waals surface area contributed by atoms with Crippen LogP contribution in [0.3, 0.4) is 0 Å². The van der Waals surface area contributed by atoms with Gasteiger partial charge in [0.1, 0.15) is 0 Å². The number of pyridine rings is 1. The van der Waals surface area contributed by atoms with Gasteiger partial charge in [-0.2, -0.15) is 0 Å². The highest BCUT2D eigenvalue weighted by Gasteiger charge is 2.30. The molecule has 0 radical (unpaired) electrons. The summed E-state index contributed by atoms with van der Waals surface area (Å²) >= 11 is 0. The van der Waals surface area contributed by atoms with E-state index < -0.39 is 10.5 Å². The van der Waals surface area contributed by atoms with Crippen LogP contribution in [0.25, 0.3) is 0 Å². The van der Waals surface area contributed by atoms with Crippen molar-refractivity contribution in [2.75, 3.05) is 0 Å². The van der Waals surface area contributed by atoms with Gasteiger partial charge in [-0.3, -0.25) is 14.9 Å². The van der Waals surface area contributed by atoms with Crippen LogP contribution >= 0.6 is 0 Å². The molecule has 1 fully saturated rings. The average molecular weight is 306 g/mol. The number of aromatic amines is 1. The molecule has 1 aliphatic rings. The van der Waals surface area contributed by atoms with Crippen molar-refractivity contribution in [3.8, 4) is 0 Å². The van der Waals surface area contributed by atoms with Crippen LogP contribution < -0.4 is 5.56 Å². The first-order valence-corrected chi connectivity index (χ1v) is 8.22. The van der Waals surface area contributed by atoms with Crippen LogP contribution in [0.5, 0.6) is 0 Å². The molecule has 5 nitrogen and oxygen atoms in total. The molecule has 2 atom stereocenters. The van der Waals surface area contributed by atoms with E-state index in [-0.39, 0.29) is 5.69 Å². The Kier molecular flexibility index (Phi) is 5.04. The lowest BCUT2D eigenvalue weighted by atomic mass is 9.74. The lowest BCUT2D eigenvalue weighted by Gasteiger charge is -2.31. The number of aryl methyl sites for hydroxylation is 1. The third-order valence-electron chi connectivity index (χ3n) is 4.92. The Morgan fingerprint density at radius 1 is 1.18 bits per heavy atom. The zero-order valence-electron chi connectivity index (χ0n) is 13.9. The Hall–Kier alpha value is -1.65. The molecule has 0 bridgehead atoms. The van der Waals surface area contributed by atoms with E-state index in [1.807, 2.05) is 13.8 Å². The maximum atomic E-state index is 12.0. The molecule has 0 spiro atoms. The quantitative estimate of drug-likeness (QED) is 0.679. The number of aromatic nitrogens is 1. The second-order valence-corrected chi connectivity index (χ2v) is 6.98. The molecule has 1 aliphatic carbocycles. The van der Waals surface area contributed by atoms with Crippen LogP contribution in [0.4, 0.5) is 5.69 Å². The average Bonchev–Trinajstić information content (AvgIpc) is 2.36. The van der Waals surface area contributed by atoms with E-state index in [0.29, 0.717) is 36.2 Å². The number of nitrogens with one attached hydrogen (secondary N) is 1. The topological polar surface area (TPSA) is 76.0 Å². The molecule has 122 valence electrons. The highest BCUT2D eigenvalue weighted by molar-refractivity contribution is 5.46. The summed E-state index contributed by atoms with van der Waals surface area (Å²) in [4.78, 5) is 25.5. The van der Waals surface area contributed by atoms with Crippen LogP contribution in [-0.2, 0) is 12.8 Å². The van der Waals surface area contributed by atoms with Gasteiger partial charge in [-0.15, -0.1) is 0 Å². The van der Waals surface area contributed by atoms with E-state index in [1.165, 1.54) is 6.42 Å². The first kappa shape index (κ1) is 16.7. The monoisotopic (exact) mass is 306 g/mol. The van der Waals surface area contributed by atoms with Gasteiger partial charge in [-0.1, -0.05) is 20.8 Å². The number of nitro groups is 1. The van der Waals surface area contributed by atoms with Crippen LogP contribution in [0.15, 0.2) is 4.79 Å². The molecule has 1 aromatic heterocycles. The minimum atomic E-state index is -0.563. The summed E-state index contributed by atoms with van der Waals surface area (Å²) < 4.78 is 0. The predicted octanol–water partition coefficient (Wildman–Crippen LogP) is 3.77. The second kappa shape index (κ2) is 6.63. The molecular formula is C17H26N2O3. The third-order valence-corrected chi connectivity index (χ3v) is 4.92. The first-order chi connectivity index (χ1) is 10.3. The Morgan fingerprint density at radius 2 is 1.77 bits per heavy atom. The molecule has 22 heavy (non-hydrogen) atoms. The van der Waals surface area contributed by atoms with Gasteiger partial charge in [-0.05, 0) is 62.3 Å². The lowest BCUT2D eigenvalue weighted by molar-refractivity contribution is -0.387. The van der Waals surface area contributed by atoms with Gasteiger partial charge >= 0.3 is 11.2 Å². The van der Waals surface area contributed by atoms with Gasteiger partial charge in [0.15, 0.2) is 0 Å². The summed E-state index contributed by atoms with van der Waals surface area (Å²) in [6.07, 6.45) is 4.77. The molecule has 2 unspecified atom stereocenters. The Morgan fingerprint density at radius 3 is 2.27 bits per heavy atom. The van der Waals surface area contributed by atoms with Crippen molar-refractivity contribution in [3.05, 3.63) is 37.3 Å². The standard InChI is InChI=1S/C17H26N2O3/c1-5-14-12(4)18-17(20)16(19(21)22)15(14)9-13-7-10(2)6-11(3)8-13/h10-11,13H,5-9H2,1-4H3,(H,18,20). The zero-order valence-corrected chi connectivity index (χ0v) is 13.9. The summed E-state index contributed by atoms with van der Waals surface area (Å²) in [5.74, 6) is 1.74. The Balaban J connectivity index is 2.44. The Labute approximate surface area is 131 Å². The van der Waals surface area contributed by atoms with E-state index in [0.717, 1.165) is 24.1 Å². The van der Waals surface area contributed by atoms with Gasteiger partial charge in [0, 0.05) is 11.3 Å². The molecule has 0 aromatic carbocycles. The predicted molar refractivity (Wildman–Crippen MR) is 87.2 cm³/mol. The van der Waals surface area contributed by atoms with Crippen LogP contribution in [0, 0.1) is 34.8 Å². The largest absolute Gasteiger partial charge is 0.337 e. The van der Waals surface area contributed by atoms with E-state index in [4.69, 9.17) is 0 Å². The number of rotatable bonds is 4. The van der Waals surface area contributed by atoms with Gasteiger partial charge < -0.3 is 4.98 Å². The fourth-order valence-electron chi connectivity index (χ4n) is 4.27. The molecule has 0 saturated heterocycles. The Bertz CT molecular complexity index is 611. The minimum Gasteiger partial charge on any atom is -0.320 e. The molecule has 0 amide bonds. The maximum absolute atomic E-state index is 12.0. The van der Waals surface area contributed by atoms with Crippen LogP contribution in [0.1, 0.15) is 56.9 Å². The molecule has 1 heterocycles. The smallest absolute Gasteiger partial charge is 0.320 e. The molecule has 0 aliphatic heterocycles. The molecule has 5 heteroatoms. The lowest BCUT2D eigenvalue weighted by Crippen LogP contribution is -2.24. The normalized spacial score (nSPS) is 25.2. The van der Waals surface area contributed by atoms with Crippen LogP contribution in [0.2, 0.25) is 0 Å². The van der Waals surface area contributed by atoms with Crippen molar-refractivity contribution in [3.63, 3.8) is 0 Å². The number of hydrogen-bond donors (Lipinski definition) is 1. The van der Waals surface area contributed by atoms with Crippen molar-refractivity contribution in [1.82, 2.24) is 4.98 Å². The van der Waals surface area contributed by atoms with E-state index >= 15 is 0 Å². The van der Waals surface area contributed by atoms with Gasteiger partial charge in [0.2, 0.25) is 0 Å². The maximum Gasteiger partial charge on any atom is 0.337 e. The first-order valence-electron chi connectivity index (χ1n) is 8.22. The third kappa shape index (κ3) is 3.39. The van der Waals surface area contributed by atoms with Gasteiger partial charge in [0.05, 0.1) is 4.92 Å². The van der Waals surface area contributed by atoms with Crippen LogP contribution in [-0.4, -0.2) is 9.91 Å². The fraction of sp³-hybridized carbons (Fsp3) is 0.706. The second-order valence-electron chi connectivity index (χ2n) is 6.98. The van der Waals surface area contributed by atoms with Gasteiger partial charge in [0.25, 0.3) is 0 Å². The molecular weight excluding hydrogens is 280 g/mol. The number of nitrogens with zero attached hydrogens (tertiary/aromatic N) is 1. The number of hydrogen-bond acceptors (Lipinski definition) is 3. The minimum absolute atomic E-state index is 0.242. The molecule has 2 rings (SSSR count). The fourth-order valence-corrected chi connectivity index (χ4v) is 4.27. The number of H-pyrrole nitrogens is 1. The summed E-state index contributed by atoms with van der Waals surface area (Å²) in [5.41, 5.74) is 1.57. The zero-order chi connectivity index (χ0) is 16.4. The SMILES string of the molecule is CCc1c(C)[nH]c(=O)c([N+](=O)[O-])c1CC1CC(C)CC(C)C1. The van der Waals surface area contributed by atoms with E-state index in [9.17, 15) is 14.9 Å². The van der Waals surface area contributed by atoms with E-state index in [2.05, 4.69) is 18.8 Å². The summed E-state index contributed by atoms with van der Waals surface area (Å²) in [6.45, 7) is 8.32. The van der Waals surface area contributed by atoms with Crippen molar-refractivity contribution < 1.29 is 4.92 Å². The van der Waals surface area contributed by atoms with Crippen molar-refractivity contribution in [1.29, 1.82) is 0 Å². The molecule has 1 aromatic rings. The highest BCUT2D eigenvalue weighted by atomic mass is 16.6.